The summed E-state index contributed by atoms with van der Waals surface area (Å²) in [6, 6.07) is 7.67. The van der Waals surface area contributed by atoms with Crippen LogP contribution in [0.3, 0.4) is 0 Å². The van der Waals surface area contributed by atoms with Crippen LogP contribution in [-0.4, -0.2) is 28.9 Å². The van der Waals surface area contributed by atoms with E-state index in [0.717, 1.165) is 27.6 Å². The average molecular weight is 356 g/mol. The van der Waals surface area contributed by atoms with Gasteiger partial charge in [0, 0.05) is 30.1 Å². The molecule has 132 valence electrons. The Hall–Kier alpha value is -2.40. The van der Waals surface area contributed by atoms with E-state index in [4.69, 9.17) is 4.74 Å². The molecule has 0 aliphatic rings. The van der Waals surface area contributed by atoms with E-state index in [0.29, 0.717) is 19.7 Å². The van der Waals surface area contributed by atoms with Gasteiger partial charge in [0.1, 0.15) is 12.4 Å². The summed E-state index contributed by atoms with van der Waals surface area (Å²) < 4.78 is 5.87. The van der Waals surface area contributed by atoms with Crippen LogP contribution in [0.25, 0.3) is 6.08 Å². The molecule has 0 saturated carbocycles. The molecule has 0 atom stereocenters. The van der Waals surface area contributed by atoms with E-state index in [1.807, 2.05) is 50.4 Å². The Morgan fingerprint density at radius 2 is 2.16 bits per heavy atom. The first-order valence-electron chi connectivity index (χ1n) is 8.23. The van der Waals surface area contributed by atoms with Crippen LogP contribution < -0.4 is 4.74 Å². The van der Waals surface area contributed by atoms with Gasteiger partial charge in [-0.25, -0.2) is 4.98 Å². The van der Waals surface area contributed by atoms with Crippen LogP contribution in [-0.2, 0) is 11.4 Å². The van der Waals surface area contributed by atoms with E-state index in [9.17, 15) is 4.79 Å². The van der Waals surface area contributed by atoms with Crippen molar-refractivity contribution in [3.05, 3.63) is 64.1 Å². The largest absolute Gasteiger partial charge is 0.487 e. The molecule has 2 rings (SSSR count). The van der Waals surface area contributed by atoms with Crippen LogP contribution >= 0.6 is 11.3 Å². The first-order valence-corrected chi connectivity index (χ1v) is 9.11. The van der Waals surface area contributed by atoms with Gasteiger partial charge in [0.2, 0.25) is 5.91 Å². The molecule has 1 aromatic heterocycles. The molecule has 4 nitrogen and oxygen atoms in total. The molecule has 0 bridgehead atoms. The van der Waals surface area contributed by atoms with Gasteiger partial charge in [-0.3, -0.25) is 4.79 Å². The Balaban J connectivity index is 2.06. The van der Waals surface area contributed by atoms with Gasteiger partial charge in [-0.2, -0.15) is 0 Å². The lowest BCUT2D eigenvalue weighted by molar-refractivity contribution is -0.125. The second-order valence-electron chi connectivity index (χ2n) is 5.83. The summed E-state index contributed by atoms with van der Waals surface area (Å²) in [6.45, 7) is 11.4. The Kier molecular flexibility index (Phi) is 6.95. The van der Waals surface area contributed by atoms with Gasteiger partial charge in [0.05, 0.1) is 10.7 Å². The van der Waals surface area contributed by atoms with Crippen molar-refractivity contribution in [1.29, 1.82) is 0 Å². The van der Waals surface area contributed by atoms with Gasteiger partial charge in [-0.15, -0.1) is 11.3 Å². The van der Waals surface area contributed by atoms with Crippen LogP contribution in [0, 0.1) is 6.92 Å². The van der Waals surface area contributed by atoms with Gasteiger partial charge < -0.3 is 9.64 Å². The molecule has 0 aliphatic carbocycles. The molecule has 0 spiro atoms. The van der Waals surface area contributed by atoms with Crippen molar-refractivity contribution in [2.24, 2.45) is 0 Å². The van der Waals surface area contributed by atoms with Crippen molar-refractivity contribution in [2.75, 3.05) is 13.1 Å². The minimum atomic E-state index is -0.0320. The number of nitrogens with zero attached hydrogens (tertiary/aromatic N) is 2. The maximum absolute atomic E-state index is 12.3. The highest BCUT2D eigenvalue weighted by Crippen LogP contribution is 2.21. The number of hydrogen-bond acceptors (Lipinski definition) is 4. The number of aromatic nitrogens is 1. The van der Waals surface area contributed by atoms with E-state index in [1.165, 1.54) is 0 Å². The third-order valence-corrected chi connectivity index (χ3v) is 4.34. The summed E-state index contributed by atoms with van der Waals surface area (Å²) in [5.74, 6) is 0.704. The Morgan fingerprint density at radius 3 is 2.80 bits per heavy atom. The molecular formula is C20H24N2O2S. The van der Waals surface area contributed by atoms with E-state index in [-0.39, 0.29) is 5.91 Å². The minimum Gasteiger partial charge on any atom is -0.487 e. The number of carbonyl (C=O) groups is 1. The fourth-order valence-electron chi connectivity index (χ4n) is 2.31. The maximum atomic E-state index is 12.3. The van der Waals surface area contributed by atoms with Crippen LogP contribution in [0.2, 0.25) is 0 Å². The summed E-state index contributed by atoms with van der Waals surface area (Å²) in [5, 5.41) is 3.02. The first-order chi connectivity index (χ1) is 12.0. The Bertz CT molecular complexity index is 765. The molecule has 1 heterocycles. The lowest BCUT2D eigenvalue weighted by Gasteiger charge is -2.19. The number of hydrogen-bond donors (Lipinski definition) is 0. The Morgan fingerprint density at radius 1 is 1.40 bits per heavy atom. The van der Waals surface area contributed by atoms with E-state index < -0.39 is 0 Å². The molecule has 0 aliphatic heterocycles. The zero-order valence-electron chi connectivity index (χ0n) is 15.0. The topological polar surface area (TPSA) is 42.4 Å². The van der Waals surface area contributed by atoms with Crippen molar-refractivity contribution in [3.8, 4) is 5.75 Å². The van der Waals surface area contributed by atoms with Crippen molar-refractivity contribution in [3.63, 3.8) is 0 Å². The average Bonchev–Trinajstić information content (AvgIpc) is 3.01. The summed E-state index contributed by atoms with van der Waals surface area (Å²) in [6.07, 6.45) is 3.38. The molecule has 1 amide bonds. The first kappa shape index (κ1) is 18.9. The highest BCUT2D eigenvalue weighted by Gasteiger charge is 2.09. The molecule has 1 aromatic carbocycles. The fourth-order valence-corrected chi connectivity index (χ4v) is 2.91. The molecule has 0 N–H and O–H groups in total. The zero-order valence-corrected chi connectivity index (χ0v) is 15.8. The monoisotopic (exact) mass is 356 g/mol. The summed E-state index contributed by atoms with van der Waals surface area (Å²) in [4.78, 5) is 18.5. The second-order valence-corrected chi connectivity index (χ2v) is 6.89. The predicted octanol–water partition coefficient (Wildman–Crippen LogP) is 4.47. The molecular weight excluding hydrogens is 332 g/mol. The molecule has 0 fully saturated rings. The van der Waals surface area contributed by atoms with Crippen LogP contribution in [0.5, 0.6) is 5.75 Å². The number of amides is 1. The Labute approximate surface area is 153 Å². The minimum absolute atomic E-state index is 0.0320. The van der Waals surface area contributed by atoms with Gasteiger partial charge in [-0.1, -0.05) is 30.4 Å². The summed E-state index contributed by atoms with van der Waals surface area (Å²) in [7, 11) is 0. The number of ether oxygens (including phenoxy) is 1. The third kappa shape index (κ3) is 5.87. The quantitative estimate of drug-likeness (QED) is 0.518. The van der Waals surface area contributed by atoms with Crippen molar-refractivity contribution < 1.29 is 9.53 Å². The number of thiazole rings is 1. The number of benzene rings is 1. The lowest BCUT2D eigenvalue weighted by Crippen LogP contribution is -2.30. The van der Waals surface area contributed by atoms with Crippen LogP contribution in [0.15, 0.2) is 47.9 Å². The lowest BCUT2D eigenvalue weighted by atomic mass is 10.2. The highest BCUT2D eigenvalue weighted by atomic mass is 32.1. The fraction of sp³-hybridized carbons (Fsp3) is 0.300. The smallest absolute Gasteiger partial charge is 0.246 e. The van der Waals surface area contributed by atoms with Gasteiger partial charge in [0.15, 0.2) is 0 Å². The summed E-state index contributed by atoms with van der Waals surface area (Å²) in [5.41, 5.74) is 2.75. The molecule has 5 heteroatoms. The predicted molar refractivity (Wildman–Crippen MR) is 104 cm³/mol. The molecule has 2 aromatic rings. The van der Waals surface area contributed by atoms with E-state index in [2.05, 4.69) is 11.6 Å². The molecule has 0 radical (unpaired) electrons. The SMILES string of the molecule is C=C(C)CN(CC)C(=O)/C=C/c1ccccc1OCc1csc(C)n1. The highest BCUT2D eigenvalue weighted by molar-refractivity contribution is 7.09. The maximum Gasteiger partial charge on any atom is 0.246 e. The summed E-state index contributed by atoms with van der Waals surface area (Å²) >= 11 is 1.61. The van der Waals surface area contributed by atoms with Crippen LogP contribution in [0.4, 0.5) is 0 Å². The zero-order chi connectivity index (χ0) is 18.2. The number of rotatable bonds is 8. The number of carbonyl (C=O) groups excluding carboxylic acids is 1. The van der Waals surface area contributed by atoms with E-state index >= 15 is 0 Å². The van der Waals surface area contributed by atoms with Crippen molar-refractivity contribution in [1.82, 2.24) is 9.88 Å². The molecule has 0 unspecified atom stereocenters. The number of para-hydroxylation sites is 1. The normalized spacial score (nSPS) is 10.8. The number of aryl methyl sites for hydroxylation is 1. The standard InChI is InChI=1S/C20H24N2O2S/c1-5-22(12-15(2)3)20(23)11-10-17-8-6-7-9-19(17)24-13-18-14-25-16(4)21-18/h6-11,14H,2,5,12-13H2,1,3-4H3/b11-10+. The molecule has 0 saturated heterocycles. The number of likely N-dealkylation sites (N-methyl/N-ethyl adjacent to an activating group) is 1. The van der Waals surface area contributed by atoms with E-state index in [1.54, 1.807) is 28.4 Å². The van der Waals surface area contributed by atoms with Gasteiger partial charge >= 0.3 is 0 Å². The van der Waals surface area contributed by atoms with Crippen molar-refractivity contribution in [2.45, 2.75) is 27.4 Å². The third-order valence-electron chi connectivity index (χ3n) is 3.52. The van der Waals surface area contributed by atoms with Crippen molar-refractivity contribution >= 4 is 23.3 Å². The van der Waals surface area contributed by atoms with Gasteiger partial charge in [-0.05, 0) is 32.9 Å². The van der Waals surface area contributed by atoms with Gasteiger partial charge in [0.25, 0.3) is 0 Å². The second kappa shape index (κ2) is 9.18. The molecule has 25 heavy (non-hydrogen) atoms. The van der Waals surface area contributed by atoms with Crippen LogP contribution in [0.1, 0.15) is 30.1 Å².